The Morgan fingerprint density at radius 1 is 1.56 bits per heavy atom. The summed E-state index contributed by atoms with van der Waals surface area (Å²) in [7, 11) is 3.58. The summed E-state index contributed by atoms with van der Waals surface area (Å²) in [6, 6.07) is 7.66. The van der Waals surface area contributed by atoms with Crippen LogP contribution in [-0.4, -0.2) is 34.0 Å². The number of rotatable bonds is 3. The lowest BCUT2D eigenvalue weighted by Crippen LogP contribution is -2.27. The lowest BCUT2D eigenvalue weighted by Gasteiger charge is -2.12. The normalized spacial score (nSPS) is 10.3. The number of nitriles is 1. The van der Waals surface area contributed by atoms with Crippen LogP contribution in [0.3, 0.4) is 0 Å². The number of imidazole rings is 1. The Bertz CT molecular complexity index is 623. The second-order valence-electron chi connectivity index (χ2n) is 4.27. The first-order valence-electron chi connectivity index (χ1n) is 5.67. The quantitative estimate of drug-likeness (QED) is 0.757. The Kier molecular flexibility index (Phi) is 3.28. The number of fused-ring (bicyclic) bond motifs is 1. The van der Waals surface area contributed by atoms with Crippen LogP contribution in [0.25, 0.3) is 11.0 Å². The van der Waals surface area contributed by atoms with Gasteiger partial charge in [-0.05, 0) is 24.1 Å². The van der Waals surface area contributed by atoms with Crippen molar-refractivity contribution in [1.82, 2.24) is 14.5 Å². The Morgan fingerprint density at radius 3 is 3.06 bits per heavy atom. The summed E-state index contributed by atoms with van der Waals surface area (Å²) in [5.74, 6) is -0.506. The number of carbonyl (C=O) groups excluding carboxylic acids is 1. The van der Waals surface area contributed by atoms with E-state index in [1.807, 2.05) is 29.8 Å². The zero-order chi connectivity index (χ0) is 13.1. The van der Waals surface area contributed by atoms with Crippen molar-refractivity contribution in [2.75, 3.05) is 13.6 Å². The molecule has 0 fully saturated rings. The van der Waals surface area contributed by atoms with Crippen LogP contribution in [0.1, 0.15) is 5.56 Å². The van der Waals surface area contributed by atoms with Crippen LogP contribution >= 0.6 is 0 Å². The maximum atomic E-state index is 11.1. The van der Waals surface area contributed by atoms with Gasteiger partial charge in [0.1, 0.15) is 0 Å². The molecule has 0 spiro atoms. The largest absolute Gasteiger partial charge is 0.334 e. The van der Waals surface area contributed by atoms with E-state index in [9.17, 15) is 4.79 Å². The monoisotopic (exact) mass is 242 g/mol. The van der Waals surface area contributed by atoms with Crippen molar-refractivity contribution in [3.8, 4) is 6.07 Å². The molecule has 5 heteroatoms. The van der Waals surface area contributed by atoms with E-state index in [-0.39, 0.29) is 0 Å². The first-order valence-corrected chi connectivity index (χ1v) is 5.67. The molecule has 0 saturated heterocycles. The number of amides is 1. The van der Waals surface area contributed by atoms with Gasteiger partial charge in [-0.3, -0.25) is 4.79 Å². The molecule has 1 aromatic carbocycles. The van der Waals surface area contributed by atoms with Gasteiger partial charge in [0, 0.05) is 20.6 Å². The molecular formula is C13H14N4O. The van der Waals surface area contributed by atoms with Crippen molar-refractivity contribution in [2.45, 2.75) is 6.42 Å². The van der Waals surface area contributed by atoms with Crippen LogP contribution < -0.4 is 0 Å². The number of likely N-dealkylation sites (N-methyl/N-ethyl adjacent to an activating group) is 1. The minimum atomic E-state index is -0.506. The summed E-state index contributed by atoms with van der Waals surface area (Å²) < 4.78 is 1.96. The second kappa shape index (κ2) is 4.88. The van der Waals surface area contributed by atoms with Gasteiger partial charge < -0.3 is 9.47 Å². The molecule has 2 aromatic rings. The molecule has 0 saturated carbocycles. The van der Waals surface area contributed by atoms with E-state index in [1.165, 1.54) is 4.90 Å². The van der Waals surface area contributed by atoms with E-state index >= 15 is 0 Å². The molecule has 0 unspecified atom stereocenters. The highest BCUT2D eigenvalue weighted by molar-refractivity contribution is 5.91. The molecule has 92 valence electrons. The highest BCUT2D eigenvalue weighted by Crippen LogP contribution is 2.14. The number of nitrogens with zero attached hydrogens (tertiary/aromatic N) is 4. The number of hydrogen-bond donors (Lipinski definition) is 0. The minimum absolute atomic E-state index is 0.506. The molecular weight excluding hydrogens is 228 g/mol. The topological polar surface area (TPSA) is 61.9 Å². The Hall–Kier alpha value is -2.35. The van der Waals surface area contributed by atoms with Gasteiger partial charge in [-0.2, -0.15) is 5.26 Å². The van der Waals surface area contributed by atoms with Gasteiger partial charge in [-0.25, -0.2) is 4.98 Å². The smallest absolute Gasteiger partial charge is 0.324 e. The van der Waals surface area contributed by atoms with E-state index in [0.717, 1.165) is 23.0 Å². The SMILES string of the molecule is CN(CCc1ccc2c(c1)ncn2C)C(=O)C#N. The fraction of sp³-hybridized carbons (Fsp3) is 0.308. The van der Waals surface area contributed by atoms with Crippen LogP contribution in [-0.2, 0) is 18.3 Å². The zero-order valence-electron chi connectivity index (χ0n) is 10.4. The van der Waals surface area contributed by atoms with Gasteiger partial charge >= 0.3 is 5.91 Å². The lowest BCUT2D eigenvalue weighted by molar-refractivity contribution is -0.124. The molecule has 0 atom stereocenters. The van der Waals surface area contributed by atoms with Gasteiger partial charge in [-0.1, -0.05) is 6.07 Å². The summed E-state index contributed by atoms with van der Waals surface area (Å²) in [5.41, 5.74) is 3.14. The molecule has 0 aliphatic carbocycles. The van der Waals surface area contributed by atoms with E-state index in [4.69, 9.17) is 5.26 Å². The molecule has 1 heterocycles. The molecule has 0 N–H and O–H groups in total. The third-order valence-electron chi connectivity index (χ3n) is 2.97. The van der Waals surface area contributed by atoms with Crippen LogP contribution in [0, 0.1) is 11.3 Å². The number of aromatic nitrogens is 2. The highest BCUT2D eigenvalue weighted by Gasteiger charge is 2.07. The van der Waals surface area contributed by atoms with Crippen LogP contribution in [0.2, 0.25) is 0 Å². The number of benzene rings is 1. The van der Waals surface area contributed by atoms with Crippen molar-refractivity contribution < 1.29 is 4.79 Å². The van der Waals surface area contributed by atoms with E-state index < -0.39 is 5.91 Å². The third-order valence-corrected chi connectivity index (χ3v) is 2.97. The van der Waals surface area contributed by atoms with Crippen molar-refractivity contribution in [2.24, 2.45) is 7.05 Å². The molecule has 0 aliphatic rings. The predicted molar refractivity (Wildman–Crippen MR) is 67.7 cm³/mol. The Balaban J connectivity index is 2.09. The maximum absolute atomic E-state index is 11.1. The summed E-state index contributed by atoms with van der Waals surface area (Å²) in [5, 5.41) is 8.49. The van der Waals surface area contributed by atoms with Crippen molar-refractivity contribution in [3.05, 3.63) is 30.1 Å². The average molecular weight is 242 g/mol. The fourth-order valence-electron chi connectivity index (χ4n) is 1.82. The number of aryl methyl sites for hydroxylation is 1. The summed E-state index contributed by atoms with van der Waals surface area (Å²) in [6.07, 6.45) is 2.50. The van der Waals surface area contributed by atoms with Crippen LogP contribution in [0.15, 0.2) is 24.5 Å². The standard InChI is InChI=1S/C13H14N4O/c1-16(13(18)8-14)6-5-10-3-4-12-11(7-10)15-9-17(12)2/h3-4,7,9H,5-6H2,1-2H3. The zero-order valence-corrected chi connectivity index (χ0v) is 10.4. The second-order valence-corrected chi connectivity index (χ2v) is 4.27. The van der Waals surface area contributed by atoms with E-state index in [2.05, 4.69) is 4.98 Å². The van der Waals surface area contributed by atoms with Crippen molar-refractivity contribution in [1.29, 1.82) is 5.26 Å². The molecule has 2 rings (SSSR count). The van der Waals surface area contributed by atoms with Gasteiger partial charge in [0.25, 0.3) is 0 Å². The highest BCUT2D eigenvalue weighted by atomic mass is 16.2. The minimum Gasteiger partial charge on any atom is -0.334 e. The molecule has 18 heavy (non-hydrogen) atoms. The van der Waals surface area contributed by atoms with E-state index in [1.54, 1.807) is 19.4 Å². The maximum Gasteiger partial charge on any atom is 0.324 e. The molecule has 5 nitrogen and oxygen atoms in total. The van der Waals surface area contributed by atoms with Gasteiger partial charge in [0.05, 0.1) is 17.4 Å². The molecule has 0 aliphatic heterocycles. The van der Waals surface area contributed by atoms with Gasteiger partial charge in [0.2, 0.25) is 0 Å². The average Bonchev–Trinajstić information content (AvgIpc) is 2.76. The Labute approximate surface area is 105 Å². The first kappa shape index (κ1) is 12.1. The Morgan fingerprint density at radius 2 is 2.33 bits per heavy atom. The van der Waals surface area contributed by atoms with E-state index in [0.29, 0.717) is 6.54 Å². The molecule has 0 radical (unpaired) electrons. The molecule has 0 bridgehead atoms. The first-order chi connectivity index (χ1) is 8.61. The molecule has 1 amide bonds. The molecule has 1 aromatic heterocycles. The van der Waals surface area contributed by atoms with Crippen LogP contribution in [0.4, 0.5) is 0 Å². The third kappa shape index (κ3) is 2.33. The number of hydrogen-bond acceptors (Lipinski definition) is 3. The van der Waals surface area contributed by atoms with Gasteiger partial charge in [0.15, 0.2) is 6.07 Å². The number of carbonyl (C=O) groups is 1. The van der Waals surface area contributed by atoms with Crippen LogP contribution in [0.5, 0.6) is 0 Å². The van der Waals surface area contributed by atoms with Gasteiger partial charge in [-0.15, -0.1) is 0 Å². The summed E-state index contributed by atoms with van der Waals surface area (Å²) in [4.78, 5) is 16.8. The van der Waals surface area contributed by atoms with Crippen molar-refractivity contribution in [3.63, 3.8) is 0 Å². The lowest BCUT2D eigenvalue weighted by atomic mass is 10.1. The summed E-state index contributed by atoms with van der Waals surface area (Å²) >= 11 is 0. The summed E-state index contributed by atoms with van der Waals surface area (Å²) in [6.45, 7) is 0.532. The van der Waals surface area contributed by atoms with Crippen molar-refractivity contribution >= 4 is 16.9 Å². The fourth-order valence-corrected chi connectivity index (χ4v) is 1.82. The predicted octanol–water partition coefficient (Wildman–Crippen LogP) is 1.10.